The fourth-order valence-electron chi connectivity index (χ4n) is 2.34. The molecular weight excluding hydrogens is 342 g/mol. The molecule has 7 heteroatoms. The van der Waals surface area contributed by atoms with Gasteiger partial charge in [0.05, 0.1) is 19.2 Å². The molecule has 0 aliphatic heterocycles. The van der Waals surface area contributed by atoms with Crippen LogP contribution >= 0.6 is 11.6 Å². The number of rotatable bonds is 6. The maximum atomic E-state index is 12.0. The second kappa shape index (κ2) is 7.81. The molecule has 0 saturated carbocycles. The Morgan fingerprint density at radius 2 is 2.00 bits per heavy atom. The van der Waals surface area contributed by atoms with Crippen molar-refractivity contribution in [3.8, 4) is 11.5 Å². The van der Waals surface area contributed by atoms with Crippen LogP contribution in [-0.2, 0) is 17.8 Å². The number of benzene rings is 1. The summed E-state index contributed by atoms with van der Waals surface area (Å²) < 4.78 is 6.57. The fraction of sp³-hybridized carbons (Fsp3) is 0.167. The van der Waals surface area contributed by atoms with E-state index in [1.54, 1.807) is 36.6 Å². The van der Waals surface area contributed by atoms with Gasteiger partial charge in [0, 0.05) is 17.6 Å². The Kier molecular flexibility index (Phi) is 5.30. The van der Waals surface area contributed by atoms with Crippen molar-refractivity contribution in [1.29, 1.82) is 0 Å². The summed E-state index contributed by atoms with van der Waals surface area (Å²) in [7, 11) is 0. The average Bonchev–Trinajstić information content (AvgIpc) is 3.13. The molecule has 1 N–H and O–H groups in total. The van der Waals surface area contributed by atoms with Crippen molar-refractivity contribution in [2.75, 3.05) is 6.54 Å². The summed E-state index contributed by atoms with van der Waals surface area (Å²) in [4.78, 5) is 23.9. The Morgan fingerprint density at radius 1 is 1.16 bits per heavy atom. The maximum Gasteiger partial charge on any atom is 0.266 e. The third-order valence-corrected chi connectivity index (χ3v) is 3.96. The molecule has 1 amide bonds. The number of nitrogens with one attached hydrogen (secondary N) is 1. The van der Waals surface area contributed by atoms with Gasteiger partial charge >= 0.3 is 0 Å². The highest BCUT2D eigenvalue weighted by Gasteiger charge is 2.08. The van der Waals surface area contributed by atoms with Crippen LogP contribution in [0.5, 0.6) is 0 Å². The summed E-state index contributed by atoms with van der Waals surface area (Å²) in [6.07, 6.45) is 1.73. The predicted molar refractivity (Wildman–Crippen MR) is 94.4 cm³/mol. The number of amides is 1. The molecule has 0 atom stereocenters. The largest absolute Gasteiger partial charge is 0.463 e. The van der Waals surface area contributed by atoms with E-state index in [2.05, 4.69) is 10.4 Å². The fourth-order valence-corrected chi connectivity index (χ4v) is 2.55. The van der Waals surface area contributed by atoms with Gasteiger partial charge in [-0.3, -0.25) is 9.59 Å². The van der Waals surface area contributed by atoms with E-state index in [0.29, 0.717) is 16.5 Å². The minimum absolute atomic E-state index is 0.164. The molecule has 2 aromatic heterocycles. The van der Waals surface area contributed by atoms with E-state index in [0.717, 1.165) is 5.56 Å². The van der Waals surface area contributed by atoms with Gasteiger partial charge in [-0.25, -0.2) is 4.68 Å². The van der Waals surface area contributed by atoms with E-state index in [9.17, 15) is 9.59 Å². The van der Waals surface area contributed by atoms with E-state index >= 15 is 0 Å². The first-order valence-electron chi connectivity index (χ1n) is 7.75. The molecule has 25 heavy (non-hydrogen) atoms. The Labute approximate surface area is 149 Å². The number of carbonyl (C=O) groups is 1. The van der Waals surface area contributed by atoms with Gasteiger partial charge < -0.3 is 9.73 Å². The molecule has 0 aliphatic carbocycles. The molecule has 3 rings (SSSR count). The highest BCUT2D eigenvalue weighted by atomic mass is 35.5. The van der Waals surface area contributed by atoms with E-state index in [-0.39, 0.29) is 31.0 Å². The first kappa shape index (κ1) is 17.0. The molecule has 6 nitrogen and oxygen atoms in total. The van der Waals surface area contributed by atoms with Crippen molar-refractivity contribution in [2.24, 2.45) is 0 Å². The zero-order valence-corrected chi connectivity index (χ0v) is 14.1. The Hall–Kier alpha value is -2.86. The summed E-state index contributed by atoms with van der Waals surface area (Å²) in [5.74, 6) is 0.417. The van der Waals surface area contributed by atoms with Crippen molar-refractivity contribution in [2.45, 2.75) is 13.0 Å². The molecule has 0 radical (unpaired) electrons. The molecule has 3 aromatic rings. The van der Waals surface area contributed by atoms with Crippen LogP contribution in [0.4, 0.5) is 0 Å². The lowest BCUT2D eigenvalue weighted by Crippen LogP contribution is -2.32. The molecule has 2 heterocycles. The Bertz CT molecular complexity index is 919. The predicted octanol–water partition coefficient (Wildman–Crippen LogP) is 2.52. The number of aromatic nitrogens is 2. The molecule has 0 aliphatic rings. The van der Waals surface area contributed by atoms with Crippen molar-refractivity contribution < 1.29 is 9.21 Å². The van der Waals surface area contributed by atoms with E-state index < -0.39 is 0 Å². The van der Waals surface area contributed by atoms with Gasteiger partial charge in [0.25, 0.3) is 5.56 Å². The lowest BCUT2D eigenvalue weighted by molar-refractivity contribution is -0.120. The average molecular weight is 358 g/mol. The monoisotopic (exact) mass is 357 g/mol. The lowest BCUT2D eigenvalue weighted by Gasteiger charge is -2.08. The summed E-state index contributed by atoms with van der Waals surface area (Å²) >= 11 is 6.04. The van der Waals surface area contributed by atoms with E-state index in [4.69, 9.17) is 16.0 Å². The van der Waals surface area contributed by atoms with Crippen LogP contribution in [0.2, 0.25) is 5.02 Å². The van der Waals surface area contributed by atoms with Crippen LogP contribution in [0, 0.1) is 0 Å². The summed E-state index contributed by atoms with van der Waals surface area (Å²) in [6, 6.07) is 13.7. The first-order chi connectivity index (χ1) is 12.1. The van der Waals surface area contributed by atoms with E-state index in [1.165, 1.54) is 10.7 Å². The van der Waals surface area contributed by atoms with Crippen molar-refractivity contribution >= 4 is 17.5 Å². The van der Waals surface area contributed by atoms with Gasteiger partial charge in [-0.1, -0.05) is 29.8 Å². The minimum Gasteiger partial charge on any atom is -0.463 e. The Morgan fingerprint density at radius 3 is 2.76 bits per heavy atom. The van der Waals surface area contributed by atoms with Crippen molar-refractivity contribution in [3.05, 3.63) is 75.7 Å². The maximum absolute atomic E-state index is 12.0. The summed E-state index contributed by atoms with van der Waals surface area (Å²) in [5, 5.41) is 7.57. The second-order valence-corrected chi connectivity index (χ2v) is 5.78. The number of halogens is 1. The normalized spacial score (nSPS) is 10.6. The molecule has 0 fully saturated rings. The molecule has 1 aromatic carbocycles. The molecular formula is C18H16ClN3O3. The number of carbonyl (C=O) groups excluding carboxylic acids is 1. The summed E-state index contributed by atoms with van der Waals surface area (Å²) in [6.45, 7) is 0.555. The second-order valence-electron chi connectivity index (χ2n) is 5.38. The summed E-state index contributed by atoms with van der Waals surface area (Å²) in [5.41, 5.74) is 1.08. The third-order valence-electron chi connectivity index (χ3n) is 3.59. The molecule has 0 bridgehead atoms. The van der Waals surface area contributed by atoms with Crippen LogP contribution in [0.1, 0.15) is 5.56 Å². The van der Waals surface area contributed by atoms with Crippen LogP contribution in [0.3, 0.4) is 0 Å². The van der Waals surface area contributed by atoms with Crippen LogP contribution in [0.25, 0.3) is 11.5 Å². The standard InChI is InChI=1S/C18H16ClN3O3/c19-14-5-2-1-4-13(14)12-17(23)20-9-10-22-18(24)8-7-15(21-22)16-6-3-11-25-16/h1-8,11H,9-10,12H2,(H,20,23). The molecule has 0 spiro atoms. The number of hydrogen-bond acceptors (Lipinski definition) is 4. The lowest BCUT2D eigenvalue weighted by atomic mass is 10.1. The smallest absolute Gasteiger partial charge is 0.266 e. The van der Waals surface area contributed by atoms with Gasteiger partial charge in [0.15, 0.2) is 5.76 Å². The number of nitrogens with zero attached hydrogens (tertiary/aromatic N) is 2. The minimum atomic E-state index is -0.240. The molecule has 0 unspecified atom stereocenters. The topological polar surface area (TPSA) is 77.1 Å². The zero-order chi connectivity index (χ0) is 17.6. The van der Waals surface area contributed by atoms with E-state index in [1.807, 2.05) is 12.1 Å². The molecule has 128 valence electrons. The van der Waals surface area contributed by atoms with Crippen LogP contribution in [0.15, 0.2) is 64.0 Å². The SMILES string of the molecule is O=C(Cc1ccccc1Cl)NCCn1nc(-c2ccco2)ccc1=O. The quantitative estimate of drug-likeness (QED) is 0.735. The number of furan rings is 1. The zero-order valence-electron chi connectivity index (χ0n) is 13.3. The van der Waals surface area contributed by atoms with Crippen LogP contribution in [-0.4, -0.2) is 22.2 Å². The van der Waals surface area contributed by atoms with Gasteiger partial charge in [0.1, 0.15) is 5.69 Å². The van der Waals surface area contributed by atoms with Crippen LogP contribution < -0.4 is 10.9 Å². The molecule has 0 saturated heterocycles. The van der Waals surface area contributed by atoms with Gasteiger partial charge in [-0.05, 0) is 29.8 Å². The van der Waals surface area contributed by atoms with Gasteiger partial charge in [-0.15, -0.1) is 0 Å². The third kappa shape index (κ3) is 4.36. The highest BCUT2D eigenvalue weighted by Crippen LogP contribution is 2.16. The first-order valence-corrected chi connectivity index (χ1v) is 8.13. The van der Waals surface area contributed by atoms with Gasteiger partial charge in [0.2, 0.25) is 5.91 Å². The van der Waals surface area contributed by atoms with Crippen molar-refractivity contribution in [3.63, 3.8) is 0 Å². The van der Waals surface area contributed by atoms with Crippen molar-refractivity contribution in [1.82, 2.24) is 15.1 Å². The highest BCUT2D eigenvalue weighted by molar-refractivity contribution is 6.31. The Balaban J connectivity index is 1.58. The number of hydrogen-bond donors (Lipinski definition) is 1. The van der Waals surface area contributed by atoms with Gasteiger partial charge in [-0.2, -0.15) is 5.10 Å².